The summed E-state index contributed by atoms with van der Waals surface area (Å²) in [6.07, 6.45) is -0.880. The van der Waals surface area contributed by atoms with Crippen molar-refractivity contribution < 1.29 is 14.6 Å². The van der Waals surface area contributed by atoms with Crippen molar-refractivity contribution in [3.8, 4) is 0 Å². The van der Waals surface area contributed by atoms with Crippen LogP contribution in [0, 0.1) is 0 Å². The Kier molecular flexibility index (Phi) is 4.38. The fourth-order valence-electron chi connectivity index (χ4n) is 1.85. The van der Waals surface area contributed by atoms with Crippen LogP contribution in [0.3, 0.4) is 0 Å². The van der Waals surface area contributed by atoms with Crippen molar-refractivity contribution in [2.45, 2.75) is 58.4 Å². The topological polar surface area (TPSA) is 61.8 Å². The Hall–Kier alpha value is -0.810. The number of hydrogen-bond acceptors (Lipinski definition) is 4. The number of β-amino-alcohol motifs (C(OH)–C–C–N with tert-alkyl or cyclic N) is 1. The molecule has 1 rings (SSSR count). The normalized spacial score (nSPS) is 25.5. The van der Waals surface area contributed by atoms with E-state index in [0.717, 1.165) is 0 Å². The van der Waals surface area contributed by atoms with Crippen molar-refractivity contribution in [2.75, 3.05) is 13.1 Å². The minimum Gasteiger partial charge on any atom is -0.444 e. The summed E-state index contributed by atoms with van der Waals surface area (Å²) in [4.78, 5) is 13.4. The monoisotopic (exact) mass is 244 g/mol. The van der Waals surface area contributed by atoms with Gasteiger partial charge in [-0.1, -0.05) is 13.8 Å². The van der Waals surface area contributed by atoms with Gasteiger partial charge in [-0.15, -0.1) is 0 Å². The van der Waals surface area contributed by atoms with E-state index < -0.39 is 11.7 Å². The molecule has 0 aliphatic carbocycles. The van der Waals surface area contributed by atoms with Gasteiger partial charge in [-0.3, -0.25) is 0 Å². The van der Waals surface area contributed by atoms with Crippen LogP contribution in [0.5, 0.6) is 0 Å². The molecule has 1 aliphatic rings. The molecule has 1 amide bonds. The van der Waals surface area contributed by atoms with Crippen molar-refractivity contribution in [3.05, 3.63) is 0 Å². The summed E-state index contributed by atoms with van der Waals surface area (Å²) in [6.45, 7) is 10.4. The molecule has 0 aromatic heterocycles. The highest BCUT2D eigenvalue weighted by molar-refractivity contribution is 5.68. The summed E-state index contributed by atoms with van der Waals surface area (Å²) >= 11 is 0. The van der Waals surface area contributed by atoms with Crippen LogP contribution in [-0.2, 0) is 4.74 Å². The van der Waals surface area contributed by atoms with E-state index in [-0.39, 0.29) is 18.2 Å². The van der Waals surface area contributed by atoms with E-state index in [1.807, 2.05) is 34.6 Å². The molecule has 0 spiro atoms. The summed E-state index contributed by atoms with van der Waals surface area (Å²) in [5.74, 6) is 0. The van der Waals surface area contributed by atoms with Crippen LogP contribution in [0.25, 0.3) is 0 Å². The third-order valence-corrected chi connectivity index (χ3v) is 2.49. The maximum atomic E-state index is 11.8. The first-order valence-corrected chi connectivity index (χ1v) is 6.11. The molecular formula is C12H24N2O3. The van der Waals surface area contributed by atoms with E-state index in [9.17, 15) is 9.90 Å². The molecule has 5 nitrogen and oxygen atoms in total. The molecule has 0 bridgehead atoms. The van der Waals surface area contributed by atoms with E-state index in [2.05, 4.69) is 5.32 Å². The van der Waals surface area contributed by atoms with Gasteiger partial charge < -0.3 is 20.1 Å². The smallest absolute Gasteiger partial charge is 0.410 e. The molecule has 100 valence electrons. The molecule has 2 N–H and O–H groups in total. The standard InChI is InChI=1S/C12H24N2O3/c1-8(2)13-9-6-14(7-10(9)15)11(16)17-12(3,4)5/h8-10,13,15H,6-7H2,1-5H3/t9-,10+/m1/s1. The summed E-state index contributed by atoms with van der Waals surface area (Å²) in [5.41, 5.74) is -0.494. The van der Waals surface area contributed by atoms with Crippen LogP contribution in [0.15, 0.2) is 0 Å². The van der Waals surface area contributed by atoms with Crippen molar-refractivity contribution in [1.29, 1.82) is 0 Å². The largest absolute Gasteiger partial charge is 0.444 e. The second kappa shape index (κ2) is 5.23. The minimum atomic E-state index is -0.523. The number of carbonyl (C=O) groups is 1. The zero-order valence-corrected chi connectivity index (χ0v) is 11.4. The molecule has 1 saturated heterocycles. The van der Waals surface area contributed by atoms with Gasteiger partial charge >= 0.3 is 6.09 Å². The van der Waals surface area contributed by atoms with Gasteiger partial charge in [-0.25, -0.2) is 4.79 Å². The Bertz CT molecular complexity index is 273. The maximum Gasteiger partial charge on any atom is 0.410 e. The average molecular weight is 244 g/mol. The number of carbonyl (C=O) groups excluding carboxylic acids is 1. The van der Waals surface area contributed by atoms with Gasteiger partial charge in [0, 0.05) is 12.6 Å². The molecule has 2 atom stereocenters. The highest BCUT2D eigenvalue weighted by atomic mass is 16.6. The number of nitrogens with one attached hydrogen (secondary N) is 1. The van der Waals surface area contributed by atoms with Crippen LogP contribution < -0.4 is 5.32 Å². The van der Waals surface area contributed by atoms with Crippen LogP contribution in [0.4, 0.5) is 4.79 Å². The van der Waals surface area contributed by atoms with Crippen LogP contribution >= 0.6 is 0 Å². The lowest BCUT2D eigenvalue weighted by atomic mass is 10.2. The predicted molar refractivity (Wildman–Crippen MR) is 65.9 cm³/mol. The van der Waals surface area contributed by atoms with Crippen LogP contribution in [0.1, 0.15) is 34.6 Å². The third-order valence-electron chi connectivity index (χ3n) is 2.49. The highest BCUT2D eigenvalue weighted by Gasteiger charge is 2.36. The first-order valence-electron chi connectivity index (χ1n) is 6.11. The number of nitrogens with zero attached hydrogens (tertiary/aromatic N) is 1. The van der Waals surface area contributed by atoms with Gasteiger partial charge in [0.2, 0.25) is 0 Å². The van der Waals surface area contributed by atoms with E-state index in [1.165, 1.54) is 0 Å². The maximum absolute atomic E-state index is 11.8. The van der Waals surface area contributed by atoms with Crippen molar-refractivity contribution in [1.82, 2.24) is 10.2 Å². The summed E-state index contributed by atoms with van der Waals surface area (Å²) in [5, 5.41) is 13.1. The fraction of sp³-hybridized carbons (Fsp3) is 0.917. The predicted octanol–water partition coefficient (Wildman–Crippen LogP) is 0.965. The molecule has 1 aliphatic heterocycles. The lowest BCUT2D eigenvalue weighted by Crippen LogP contribution is -2.43. The zero-order valence-electron chi connectivity index (χ0n) is 11.4. The number of hydrogen-bond donors (Lipinski definition) is 2. The first kappa shape index (κ1) is 14.3. The van der Waals surface area contributed by atoms with Crippen molar-refractivity contribution in [3.63, 3.8) is 0 Å². The quantitative estimate of drug-likeness (QED) is 0.759. The summed E-state index contributed by atoms with van der Waals surface area (Å²) in [6, 6.07) is 0.218. The van der Waals surface area contributed by atoms with Gasteiger partial charge in [-0.05, 0) is 20.8 Å². The van der Waals surface area contributed by atoms with E-state index in [4.69, 9.17) is 4.74 Å². The molecule has 0 aromatic rings. The Morgan fingerprint density at radius 2 is 2.00 bits per heavy atom. The molecule has 5 heteroatoms. The second-order valence-electron chi connectivity index (χ2n) is 5.88. The third kappa shape index (κ3) is 4.52. The van der Waals surface area contributed by atoms with E-state index >= 15 is 0 Å². The lowest BCUT2D eigenvalue weighted by molar-refractivity contribution is 0.0270. The van der Waals surface area contributed by atoms with Gasteiger partial charge in [-0.2, -0.15) is 0 Å². The molecule has 1 fully saturated rings. The van der Waals surface area contributed by atoms with Crippen LogP contribution in [0.2, 0.25) is 0 Å². The number of amides is 1. The number of likely N-dealkylation sites (tertiary alicyclic amines) is 1. The highest BCUT2D eigenvalue weighted by Crippen LogP contribution is 2.16. The lowest BCUT2D eigenvalue weighted by Gasteiger charge is -2.24. The van der Waals surface area contributed by atoms with E-state index in [0.29, 0.717) is 13.1 Å². The Labute approximate surface area is 103 Å². The van der Waals surface area contributed by atoms with Crippen molar-refractivity contribution >= 4 is 6.09 Å². The SMILES string of the molecule is CC(C)N[C@@H]1CN(C(=O)OC(C)(C)C)C[C@@H]1O. The number of rotatable bonds is 2. The summed E-state index contributed by atoms with van der Waals surface area (Å²) < 4.78 is 5.27. The second-order valence-corrected chi connectivity index (χ2v) is 5.88. The number of ether oxygens (including phenoxy) is 1. The fourth-order valence-corrected chi connectivity index (χ4v) is 1.85. The van der Waals surface area contributed by atoms with E-state index in [1.54, 1.807) is 4.90 Å². The molecule has 1 heterocycles. The molecule has 0 aromatic carbocycles. The van der Waals surface area contributed by atoms with Gasteiger partial charge in [0.15, 0.2) is 0 Å². The number of aliphatic hydroxyl groups excluding tert-OH is 1. The molecular weight excluding hydrogens is 220 g/mol. The Balaban J connectivity index is 2.51. The van der Waals surface area contributed by atoms with Gasteiger partial charge in [0.05, 0.1) is 18.7 Å². The zero-order chi connectivity index (χ0) is 13.2. The summed E-state index contributed by atoms with van der Waals surface area (Å²) in [7, 11) is 0. The van der Waals surface area contributed by atoms with Crippen LogP contribution in [-0.4, -0.2) is 53.0 Å². The molecule has 0 unspecified atom stereocenters. The molecule has 0 saturated carbocycles. The van der Waals surface area contributed by atoms with Crippen molar-refractivity contribution in [2.24, 2.45) is 0 Å². The van der Waals surface area contributed by atoms with Gasteiger partial charge in [0.1, 0.15) is 5.60 Å². The Morgan fingerprint density at radius 3 is 2.47 bits per heavy atom. The van der Waals surface area contributed by atoms with Gasteiger partial charge in [0.25, 0.3) is 0 Å². The first-order chi connectivity index (χ1) is 7.69. The average Bonchev–Trinajstić information content (AvgIpc) is 2.44. The molecule has 0 radical (unpaired) electrons. The molecule has 17 heavy (non-hydrogen) atoms. The minimum absolute atomic E-state index is 0.0671. The Morgan fingerprint density at radius 1 is 1.41 bits per heavy atom. The number of aliphatic hydroxyl groups is 1.